The number of aryl methyl sites for hydroxylation is 1. The van der Waals surface area contributed by atoms with E-state index in [1.807, 2.05) is 6.07 Å². The summed E-state index contributed by atoms with van der Waals surface area (Å²) in [5.41, 5.74) is 3.35. The Labute approximate surface area is 259 Å². The van der Waals surface area contributed by atoms with Crippen molar-refractivity contribution in [3.05, 3.63) is 28.8 Å². The molecule has 0 aromatic heterocycles. The predicted molar refractivity (Wildman–Crippen MR) is 159 cm³/mol. The van der Waals surface area contributed by atoms with Crippen molar-refractivity contribution in [2.24, 2.45) is 0 Å². The summed E-state index contributed by atoms with van der Waals surface area (Å²) >= 11 is 0. The van der Waals surface area contributed by atoms with Crippen molar-refractivity contribution in [1.29, 1.82) is 0 Å². The molecular formula is C33H59NaO3S. The van der Waals surface area contributed by atoms with Crippen LogP contribution in [0, 0.1) is 0 Å². The van der Waals surface area contributed by atoms with E-state index in [2.05, 4.69) is 20.8 Å². The van der Waals surface area contributed by atoms with Gasteiger partial charge >= 0.3 is 29.6 Å². The quantitative estimate of drug-likeness (QED) is 0.0710. The van der Waals surface area contributed by atoms with Crippen molar-refractivity contribution in [2.75, 3.05) is 0 Å². The maximum absolute atomic E-state index is 12.2. The van der Waals surface area contributed by atoms with E-state index in [0.717, 1.165) is 50.5 Å². The Bertz CT molecular complexity index is 792. The second-order valence-corrected chi connectivity index (χ2v) is 12.6. The molecule has 0 fully saturated rings. The van der Waals surface area contributed by atoms with E-state index in [-0.39, 0.29) is 34.5 Å². The van der Waals surface area contributed by atoms with Gasteiger partial charge in [0.15, 0.2) is 0 Å². The molecule has 0 aliphatic carbocycles. The summed E-state index contributed by atoms with van der Waals surface area (Å²) in [7, 11) is -4.46. The Balaban J connectivity index is 0.0000137. The molecule has 3 nitrogen and oxygen atoms in total. The van der Waals surface area contributed by atoms with Gasteiger partial charge in [-0.2, -0.15) is 0 Å². The summed E-state index contributed by atoms with van der Waals surface area (Å²) in [5, 5.41) is 0. The molecule has 1 aromatic carbocycles. The van der Waals surface area contributed by atoms with Crippen molar-refractivity contribution >= 4 is 10.1 Å². The monoisotopic (exact) mass is 558 g/mol. The maximum Gasteiger partial charge on any atom is 1.00 e. The Morgan fingerprint density at radius 1 is 0.500 bits per heavy atom. The van der Waals surface area contributed by atoms with Crippen molar-refractivity contribution in [3.8, 4) is 0 Å². The van der Waals surface area contributed by atoms with E-state index in [1.165, 1.54) is 120 Å². The second-order valence-electron chi connectivity index (χ2n) is 11.2. The standard InChI is InChI=1S/C33H60O3S.Na/c1-4-7-10-13-16-19-22-25-30-28-29-33(37(34,35)36)32(27-24-21-18-15-12-9-6-3)31(30)26-23-20-17-14-11-8-5-2;/h28-29H,4-27H2,1-3H3,(H,34,35,36);/q;+1/p-1. The van der Waals surface area contributed by atoms with Crippen molar-refractivity contribution in [2.45, 2.75) is 180 Å². The van der Waals surface area contributed by atoms with E-state index in [9.17, 15) is 13.0 Å². The van der Waals surface area contributed by atoms with Gasteiger partial charge in [0, 0.05) is 0 Å². The Morgan fingerprint density at radius 3 is 1.24 bits per heavy atom. The third-order valence-corrected chi connectivity index (χ3v) is 8.79. The van der Waals surface area contributed by atoms with E-state index < -0.39 is 10.1 Å². The average Bonchev–Trinajstić information content (AvgIpc) is 2.87. The molecule has 0 amide bonds. The fraction of sp³-hybridized carbons (Fsp3) is 0.818. The van der Waals surface area contributed by atoms with Gasteiger partial charge in [-0.3, -0.25) is 0 Å². The van der Waals surface area contributed by atoms with Gasteiger partial charge in [-0.25, -0.2) is 8.42 Å². The van der Waals surface area contributed by atoms with Gasteiger partial charge in [0.05, 0.1) is 4.90 Å². The molecule has 1 rings (SSSR count). The van der Waals surface area contributed by atoms with Crippen LogP contribution in [0.4, 0.5) is 0 Å². The summed E-state index contributed by atoms with van der Waals surface area (Å²) in [4.78, 5) is 0.0553. The topological polar surface area (TPSA) is 57.2 Å². The summed E-state index contributed by atoms with van der Waals surface area (Å²) in [6.45, 7) is 6.73. The molecule has 0 saturated carbocycles. The third kappa shape index (κ3) is 17.7. The van der Waals surface area contributed by atoms with Gasteiger partial charge in [-0.1, -0.05) is 142 Å². The van der Waals surface area contributed by atoms with Gasteiger partial charge in [-0.15, -0.1) is 0 Å². The molecule has 0 aliphatic heterocycles. The number of benzene rings is 1. The first-order chi connectivity index (χ1) is 18.0. The molecule has 5 heteroatoms. The molecule has 0 unspecified atom stereocenters. The van der Waals surface area contributed by atoms with Crippen LogP contribution in [-0.2, 0) is 29.4 Å². The minimum atomic E-state index is -4.46. The van der Waals surface area contributed by atoms with Gasteiger partial charge in [0.2, 0.25) is 0 Å². The van der Waals surface area contributed by atoms with Crippen LogP contribution in [-0.4, -0.2) is 13.0 Å². The van der Waals surface area contributed by atoms with Crippen LogP contribution in [0.3, 0.4) is 0 Å². The van der Waals surface area contributed by atoms with E-state index >= 15 is 0 Å². The molecule has 0 atom stereocenters. The summed E-state index contributed by atoms with van der Waals surface area (Å²) in [6.07, 6.45) is 28.6. The summed E-state index contributed by atoms with van der Waals surface area (Å²) in [6, 6.07) is 3.59. The fourth-order valence-corrected chi connectivity index (χ4v) is 6.33. The molecule has 0 radical (unpaired) electrons. The van der Waals surface area contributed by atoms with Crippen LogP contribution in [0.15, 0.2) is 17.0 Å². The molecular weight excluding hydrogens is 499 g/mol. The minimum Gasteiger partial charge on any atom is -0.744 e. The molecule has 216 valence electrons. The van der Waals surface area contributed by atoms with Crippen LogP contribution in [0.5, 0.6) is 0 Å². The molecule has 0 spiro atoms. The van der Waals surface area contributed by atoms with E-state index in [1.54, 1.807) is 6.07 Å². The summed E-state index contributed by atoms with van der Waals surface area (Å²) < 4.78 is 36.7. The summed E-state index contributed by atoms with van der Waals surface area (Å²) in [5.74, 6) is 0. The fourth-order valence-electron chi connectivity index (χ4n) is 5.56. The Hall–Kier alpha value is 0.130. The molecule has 0 bridgehead atoms. The Kier molecular flexibility index (Phi) is 25.0. The smallest absolute Gasteiger partial charge is 0.744 e. The molecule has 0 saturated heterocycles. The maximum atomic E-state index is 12.2. The molecule has 38 heavy (non-hydrogen) atoms. The first-order valence-corrected chi connectivity index (χ1v) is 17.5. The number of hydrogen-bond acceptors (Lipinski definition) is 3. The van der Waals surface area contributed by atoms with Gasteiger partial charge in [0.25, 0.3) is 0 Å². The third-order valence-electron chi connectivity index (χ3n) is 7.86. The van der Waals surface area contributed by atoms with Crippen LogP contribution >= 0.6 is 0 Å². The zero-order valence-corrected chi connectivity index (χ0v) is 28.6. The first kappa shape index (κ1) is 38.1. The van der Waals surface area contributed by atoms with Crippen LogP contribution < -0.4 is 29.6 Å². The van der Waals surface area contributed by atoms with E-state index in [0.29, 0.717) is 0 Å². The van der Waals surface area contributed by atoms with Crippen molar-refractivity contribution in [1.82, 2.24) is 0 Å². The molecule has 1 aromatic rings. The van der Waals surface area contributed by atoms with Crippen LogP contribution in [0.25, 0.3) is 0 Å². The first-order valence-electron chi connectivity index (χ1n) is 16.0. The van der Waals surface area contributed by atoms with Crippen LogP contribution in [0.2, 0.25) is 0 Å². The zero-order valence-electron chi connectivity index (χ0n) is 25.8. The predicted octanol–water partition coefficient (Wildman–Crippen LogP) is 7.47. The molecule has 0 heterocycles. The Morgan fingerprint density at radius 2 is 0.842 bits per heavy atom. The normalized spacial score (nSPS) is 11.6. The molecule has 0 N–H and O–H groups in total. The number of unbranched alkanes of at least 4 members (excludes halogenated alkanes) is 18. The number of rotatable bonds is 25. The largest absolute Gasteiger partial charge is 1.00 e. The van der Waals surface area contributed by atoms with Crippen molar-refractivity contribution < 1.29 is 42.5 Å². The van der Waals surface area contributed by atoms with Crippen LogP contribution in [0.1, 0.15) is 172 Å². The SMILES string of the molecule is CCCCCCCCCc1ccc(S(=O)(=O)[O-])c(CCCCCCCCC)c1CCCCCCCCC.[Na+]. The number of hydrogen-bond donors (Lipinski definition) is 0. The molecule has 0 aliphatic rings. The van der Waals surface area contributed by atoms with Gasteiger partial charge in [0.1, 0.15) is 10.1 Å². The zero-order chi connectivity index (χ0) is 27.2. The minimum absolute atomic E-state index is 0. The van der Waals surface area contributed by atoms with Crippen molar-refractivity contribution in [3.63, 3.8) is 0 Å². The second kappa shape index (κ2) is 24.9. The van der Waals surface area contributed by atoms with E-state index in [4.69, 9.17) is 0 Å². The van der Waals surface area contributed by atoms with Gasteiger partial charge in [-0.05, 0) is 61.3 Å². The van der Waals surface area contributed by atoms with Gasteiger partial charge < -0.3 is 4.55 Å². The average molecular weight is 559 g/mol.